The Kier molecular flexibility index (Phi) is 5.36. The minimum absolute atomic E-state index is 0.0352. The molecule has 2 aromatic carbocycles. The molecule has 1 N–H and O–H groups in total. The Balaban J connectivity index is 1.79. The summed E-state index contributed by atoms with van der Waals surface area (Å²) >= 11 is 1.56. The molecular weight excluding hydrogens is 384 g/mol. The highest BCUT2D eigenvalue weighted by atomic mass is 32.1. The second-order valence-electron chi connectivity index (χ2n) is 6.84. The molecule has 0 bridgehead atoms. The van der Waals surface area contributed by atoms with Gasteiger partial charge in [-0.25, -0.2) is 0 Å². The summed E-state index contributed by atoms with van der Waals surface area (Å²) in [7, 11) is 1.59. The number of hydrogen-bond acceptors (Lipinski definition) is 4. The Labute approximate surface area is 173 Å². The normalized spacial score (nSPS) is 18.3. The van der Waals surface area contributed by atoms with Gasteiger partial charge < -0.3 is 15.0 Å². The van der Waals surface area contributed by atoms with Gasteiger partial charge in [-0.15, -0.1) is 11.3 Å². The first kappa shape index (κ1) is 19.2. The highest BCUT2D eigenvalue weighted by Gasteiger charge is 2.43. The summed E-state index contributed by atoms with van der Waals surface area (Å²) in [6.45, 7) is 2.47. The minimum atomic E-state index is -0.506. The van der Waals surface area contributed by atoms with Crippen LogP contribution in [0.3, 0.4) is 0 Å². The van der Waals surface area contributed by atoms with Gasteiger partial charge in [-0.3, -0.25) is 9.59 Å². The van der Waals surface area contributed by atoms with E-state index in [0.29, 0.717) is 23.5 Å². The monoisotopic (exact) mass is 406 g/mol. The number of nitrogens with one attached hydrogen (secondary N) is 1. The summed E-state index contributed by atoms with van der Waals surface area (Å²) in [5.41, 5.74) is 2.02. The number of likely N-dealkylation sites (N-methyl/N-ethyl adjacent to an activating group) is 1. The third kappa shape index (κ3) is 3.51. The molecule has 4 rings (SSSR count). The molecular formula is C23H22N2O3S. The number of amides is 2. The van der Waals surface area contributed by atoms with Crippen molar-refractivity contribution in [2.75, 3.05) is 19.0 Å². The van der Waals surface area contributed by atoms with Gasteiger partial charge in [0.05, 0.1) is 19.1 Å². The Morgan fingerprint density at radius 1 is 1.14 bits per heavy atom. The fourth-order valence-electron chi connectivity index (χ4n) is 3.92. The van der Waals surface area contributed by atoms with Crippen molar-refractivity contribution in [3.63, 3.8) is 0 Å². The first-order chi connectivity index (χ1) is 14.1. The lowest BCUT2D eigenvalue weighted by molar-refractivity contribution is -0.119. The van der Waals surface area contributed by atoms with Crippen LogP contribution in [0, 0.1) is 0 Å². The molecule has 6 heteroatoms. The number of carbonyl (C=O) groups excluding carboxylic acids is 2. The van der Waals surface area contributed by atoms with Gasteiger partial charge >= 0.3 is 0 Å². The smallest absolute Gasteiger partial charge is 0.254 e. The molecule has 1 aliphatic heterocycles. The predicted molar refractivity (Wildman–Crippen MR) is 115 cm³/mol. The van der Waals surface area contributed by atoms with E-state index in [-0.39, 0.29) is 17.9 Å². The van der Waals surface area contributed by atoms with E-state index in [4.69, 9.17) is 4.74 Å². The van der Waals surface area contributed by atoms with Crippen molar-refractivity contribution in [1.29, 1.82) is 0 Å². The molecule has 3 aromatic rings. The average molecular weight is 407 g/mol. The van der Waals surface area contributed by atoms with E-state index in [2.05, 4.69) is 5.32 Å². The van der Waals surface area contributed by atoms with Crippen LogP contribution in [0.4, 0.5) is 5.69 Å². The Hall–Kier alpha value is -3.12. The Morgan fingerprint density at radius 3 is 2.69 bits per heavy atom. The number of nitrogens with zero attached hydrogens (tertiary/aromatic N) is 1. The topological polar surface area (TPSA) is 58.6 Å². The minimum Gasteiger partial charge on any atom is -0.497 e. The fourth-order valence-corrected chi connectivity index (χ4v) is 4.79. The molecule has 0 fully saturated rings. The lowest BCUT2D eigenvalue weighted by Gasteiger charge is -2.40. The van der Waals surface area contributed by atoms with Crippen molar-refractivity contribution in [2.24, 2.45) is 0 Å². The summed E-state index contributed by atoms with van der Waals surface area (Å²) in [5.74, 6) is -0.0114. The van der Waals surface area contributed by atoms with Crippen molar-refractivity contribution in [3.8, 4) is 5.75 Å². The van der Waals surface area contributed by atoms with E-state index in [0.717, 1.165) is 10.4 Å². The quantitative estimate of drug-likeness (QED) is 0.668. The Bertz CT molecular complexity index is 1030. The lowest BCUT2D eigenvalue weighted by Crippen LogP contribution is -2.45. The number of methoxy groups -OCH3 is 1. The largest absolute Gasteiger partial charge is 0.497 e. The summed E-state index contributed by atoms with van der Waals surface area (Å²) in [6.07, 6.45) is 0. The van der Waals surface area contributed by atoms with E-state index in [1.54, 1.807) is 35.5 Å². The molecule has 0 aliphatic carbocycles. The summed E-state index contributed by atoms with van der Waals surface area (Å²) in [6, 6.07) is 18.3. The molecule has 0 saturated carbocycles. The van der Waals surface area contributed by atoms with Gasteiger partial charge in [-0.05, 0) is 42.1 Å². The molecule has 1 aromatic heterocycles. The molecule has 0 spiro atoms. The maximum Gasteiger partial charge on any atom is 0.254 e. The molecule has 29 heavy (non-hydrogen) atoms. The standard InChI is InChI=1S/C23H22N2O3S/c1-3-25-21(19-12-7-13-29-19)20(17-10-4-5-11-18(17)23(25)27)22(26)24-15-8-6-9-16(14-15)28-2/h4-14,20-21H,3H2,1-2H3,(H,24,26). The van der Waals surface area contributed by atoms with Crippen LogP contribution in [0.25, 0.3) is 0 Å². The van der Waals surface area contributed by atoms with Crippen molar-refractivity contribution in [2.45, 2.75) is 18.9 Å². The predicted octanol–water partition coefficient (Wildman–Crippen LogP) is 4.70. The van der Waals surface area contributed by atoms with Crippen LogP contribution in [0.15, 0.2) is 66.0 Å². The van der Waals surface area contributed by atoms with Gasteiger partial charge in [0.15, 0.2) is 0 Å². The van der Waals surface area contributed by atoms with Gasteiger partial charge in [-0.1, -0.05) is 30.3 Å². The van der Waals surface area contributed by atoms with Gasteiger partial charge in [0.2, 0.25) is 5.91 Å². The van der Waals surface area contributed by atoms with Gasteiger partial charge in [-0.2, -0.15) is 0 Å². The van der Waals surface area contributed by atoms with Gasteiger partial charge in [0, 0.05) is 28.7 Å². The first-order valence-corrected chi connectivity index (χ1v) is 10.4. The molecule has 2 amide bonds. The molecule has 0 saturated heterocycles. The third-order valence-electron chi connectivity index (χ3n) is 5.23. The zero-order valence-electron chi connectivity index (χ0n) is 16.3. The number of hydrogen-bond donors (Lipinski definition) is 1. The van der Waals surface area contributed by atoms with Crippen molar-refractivity contribution >= 4 is 28.8 Å². The second kappa shape index (κ2) is 8.09. The second-order valence-corrected chi connectivity index (χ2v) is 7.82. The van der Waals surface area contributed by atoms with Crippen LogP contribution in [-0.4, -0.2) is 30.4 Å². The zero-order valence-corrected chi connectivity index (χ0v) is 17.1. The lowest BCUT2D eigenvalue weighted by atomic mass is 9.81. The van der Waals surface area contributed by atoms with Crippen LogP contribution in [0.1, 0.15) is 39.7 Å². The zero-order chi connectivity index (χ0) is 20.4. The van der Waals surface area contributed by atoms with Crippen LogP contribution >= 0.6 is 11.3 Å². The molecule has 2 unspecified atom stereocenters. The molecule has 1 aliphatic rings. The number of anilines is 1. The molecule has 2 atom stereocenters. The SMILES string of the molecule is CCN1C(=O)c2ccccc2C(C(=O)Nc2cccc(OC)c2)C1c1cccs1. The molecule has 2 heterocycles. The van der Waals surface area contributed by atoms with Crippen molar-refractivity contribution in [3.05, 3.63) is 82.0 Å². The maximum atomic E-state index is 13.5. The first-order valence-electron chi connectivity index (χ1n) is 9.52. The van der Waals surface area contributed by atoms with E-state index in [9.17, 15) is 9.59 Å². The molecule has 148 valence electrons. The van der Waals surface area contributed by atoms with E-state index < -0.39 is 5.92 Å². The summed E-state index contributed by atoms with van der Waals surface area (Å²) in [5, 5.41) is 5.00. The molecule has 0 radical (unpaired) electrons. The Morgan fingerprint density at radius 2 is 1.97 bits per heavy atom. The van der Waals surface area contributed by atoms with Gasteiger partial charge in [0.25, 0.3) is 5.91 Å². The highest BCUT2D eigenvalue weighted by molar-refractivity contribution is 7.10. The fraction of sp³-hybridized carbons (Fsp3) is 0.217. The van der Waals surface area contributed by atoms with Crippen molar-refractivity contribution < 1.29 is 14.3 Å². The van der Waals surface area contributed by atoms with Crippen LogP contribution in [0.5, 0.6) is 5.75 Å². The average Bonchev–Trinajstić information content (AvgIpc) is 3.28. The van der Waals surface area contributed by atoms with Crippen LogP contribution in [-0.2, 0) is 4.79 Å². The van der Waals surface area contributed by atoms with Crippen LogP contribution < -0.4 is 10.1 Å². The molecule has 5 nitrogen and oxygen atoms in total. The number of benzene rings is 2. The number of rotatable bonds is 5. The number of fused-ring (bicyclic) bond motifs is 1. The number of thiophene rings is 1. The van der Waals surface area contributed by atoms with Gasteiger partial charge in [0.1, 0.15) is 5.75 Å². The number of ether oxygens (including phenoxy) is 1. The summed E-state index contributed by atoms with van der Waals surface area (Å²) in [4.78, 5) is 29.5. The van der Waals surface area contributed by atoms with E-state index >= 15 is 0 Å². The number of carbonyl (C=O) groups is 2. The third-order valence-corrected chi connectivity index (χ3v) is 6.18. The van der Waals surface area contributed by atoms with E-state index in [1.807, 2.05) is 60.8 Å². The maximum absolute atomic E-state index is 13.5. The van der Waals surface area contributed by atoms with E-state index in [1.165, 1.54) is 0 Å². The van der Waals surface area contributed by atoms with Crippen LogP contribution in [0.2, 0.25) is 0 Å². The van der Waals surface area contributed by atoms with Crippen molar-refractivity contribution in [1.82, 2.24) is 4.90 Å². The summed E-state index contributed by atoms with van der Waals surface area (Å²) < 4.78 is 5.26. The highest BCUT2D eigenvalue weighted by Crippen LogP contribution is 2.44.